The van der Waals surface area contributed by atoms with E-state index in [9.17, 15) is 0 Å². The fourth-order valence-electron chi connectivity index (χ4n) is 2.81. The monoisotopic (exact) mass is 317 g/mol. The fraction of sp³-hybridized carbons (Fsp3) is 0.611. The lowest BCUT2D eigenvalue weighted by molar-refractivity contribution is 0.172. The summed E-state index contributed by atoms with van der Waals surface area (Å²) in [6, 6.07) is 10.7. The maximum absolute atomic E-state index is 4.44. The molecule has 5 heteroatoms. The normalized spacial score (nSPS) is 16.9. The Morgan fingerprint density at radius 2 is 1.87 bits per heavy atom. The summed E-state index contributed by atoms with van der Waals surface area (Å²) in [6.45, 7) is 10.5. The van der Waals surface area contributed by atoms with Crippen molar-refractivity contribution in [1.82, 2.24) is 20.0 Å². The van der Waals surface area contributed by atoms with Crippen molar-refractivity contribution < 1.29 is 0 Å². The van der Waals surface area contributed by atoms with Crippen molar-refractivity contribution in [2.75, 3.05) is 59.9 Å². The van der Waals surface area contributed by atoms with Crippen LogP contribution in [0, 0.1) is 0 Å². The van der Waals surface area contributed by atoms with Crippen molar-refractivity contribution in [3.8, 4) is 0 Å². The van der Waals surface area contributed by atoms with E-state index in [1.54, 1.807) is 0 Å². The van der Waals surface area contributed by atoms with Crippen LogP contribution in [0.15, 0.2) is 35.3 Å². The number of aliphatic imine (C=N–C) groups is 1. The van der Waals surface area contributed by atoms with Crippen molar-refractivity contribution in [2.24, 2.45) is 4.99 Å². The molecular formula is C18H31N5. The summed E-state index contributed by atoms with van der Waals surface area (Å²) < 4.78 is 0. The molecule has 1 aromatic carbocycles. The van der Waals surface area contributed by atoms with Crippen LogP contribution in [0.1, 0.15) is 12.5 Å². The van der Waals surface area contributed by atoms with Gasteiger partial charge in [-0.05, 0) is 19.2 Å². The van der Waals surface area contributed by atoms with Gasteiger partial charge >= 0.3 is 0 Å². The average Bonchev–Trinajstić information content (AvgIpc) is 2.60. The van der Waals surface area contributed by atoms with Crippen LogP contribution in [0.25, 0.3) is 0 Å². The molecule has 0 aromatic heterocycles. The van der Waals surface area contributed by atoms with E-state index in [0.29, 0.717) is 0 Å². The van der Waals surface area contributed by atoms with E-state index < -0.39 is 0 Å². The van der Waals surface area contributed by atoms with Crippen LogP contribution in [0.5, 0.6) is 0 Å². The first-order chi connectivity index (χ1) is 11.2. The third-order valence-electron chi connectivity index (χ3n) is 4.45. The topological polar surface area (TPSA) is 34.1 Å². The van der Waals surface area contributed by atoms with Gasteiger partial charge in [0.25, 0.3) is 0 Å². The Kier molecular flexibility index (Phi) is 7.36. The van der Waals surface area contributed by atoms with Crippen LogP contribution in [-0.2, 0) is 6.54 Å². The number of guanidine groups is 1. The van der Waals surface area contributed by atoms with Gasteiger partial charge in [-0.15, -0.1) is 0 Å². The van der Waals surface area contributed by atoms with Gasteiger partial charge in [-0.1, -0.05) is 37.3 Å². The Morgan fingerprint density at radius 1 is 1.17 bits per heavy atom. The van der Waals surface area contributed by atoms with E-state index in [4.69, 9.17) is 0 Å². The van der Waals surface area contributed by atoms with Gasteiger partial charge in [-0.3, -0.25) is 9.89 Å². The van der Waals surface area contributed by atoms with Gasteiger partial charge in [0, 0.05) is 52.9 Å². The summed E-state index contributed by atoms with van der Waals surface area (Å²) in [5.41, 5.74) is 1.39. The predicted octanol–water partition coefficient (Wildman–Crippen LogP) is 1.33. The number of nitrogens with zero attached hydrogens (tertiary/aromatic N) is 4. The summed E-state index contributed by atoms with van der Waals surface area (Å²) in [6.07, 6.45) is 0. The van der Waals surface area contributed by atoms with Crippen LogP contribution >= 0.6 is 0 Å². The van der Waals surface area contributed by atoms with Gasteiger partial charge in [-0.2, -0.15) is 0 Å². The molecule has 1 saturated heterocycles. The van der Waals surface area contributed by atoms with Gasteiger partial charge in [0.2, 0.25) is 0 Å². The molecule has 2 rings (SSSR count). The molecule has 1 aliphatic heterocycles. The zero-order valence-corrected chi connectivity index (χ0v) is 14.8. The quantitative estimate of drug-likeness (QED) is 0.634. The number of likely N-dealkylation sites (N-methyl/N-ethyl adjacent to an activating group) is 1. The van der Waals surface area contributed by atoms with Gasteiger partial charge < -0.3 is 15.1 Å². The maximum atomic E-state index is 4.44. The summed E-state index contributed by atoms with van der Waals surface area (Å²) in [4.78, 5) is 11.6. The summed E-state index contributed by atoms with van der Waals surface area (Å²) in [5, 5.41) is 3.48. The maximum Gasteiger partial charge on any atom is 0.193 e. The van der Waals surface area contributed by atoms with Gasteiger partial charge in [0.05, 0.1) is 0 Å². The number of hydrogen-bond acceptors (Lipinski definition) is 3. The molecule has 0 unspecified atom stereocenters. The lowest BCUT2D eigenvalue weighted by Crippen LogP contribution is -2.52. The van der Waals surface area contributed by atoms with Crippen molar-refractivity contribution in [2.45, 2.75) is 13.5 Å². The van der Waals surface area contributed by atoms with Crippen LogP contribution in [0.3, 0.4) is 0 Å². The Balaban J connectivity index is 1.74. The third kappa shape index (κ3) is 5.84. The minimum Gasteiger partial charge on any atom is -0.355 e. The van der Waals surface area contributed by atoms with Crippen LogP contribution in [0.2, 0.25) is 0 Å². The summed E-state index contributed by atoms with van der Waals surface area (Å²) in [5.74, 6) is 1.04. The van der Waals surface area contributed by atoms with Crippen molar-refractivity contribution in [1.29, 1.82) is 0 Å². The third-order valence-corrected chi connectivity index (χ3v) is 4.45. The number of nitrogens with one attached hydrogen (secondary N) is 1. The lowest BCUT2D eigenvalue weighted by atomic mass is 10.2. The Labute approximate surface area is 141 Å². The van der Waals surface area contributed by atoms with Gasteiger partial charge in [0.1, 0.15) is 0 Å². The number of piperazine rings is 1. The number of benzene rings is 1. The van der Waals surface area contributed by atoms with E-state index in [1.807, 2.05) is 7.05 Å². The second-order valence-electron chi connectivity index (χ2n) is 6.12. The average molecular weight is 317 g/mol. The highest BCUT2D eigenvalue weighted by Gasteiger charge is 2.19. The molecular weight excluding hydrogens is 286 g/mol. The molecule has 0 radical (unpaired) electrons. The summed E-state index contributed by atoms with van der Waals surface area (Å²) >= 11 is 0. The smallest absolute Gasteiger partial charge is 0.193 e. The second-order valence-corrected chi connectivity index (χ2v) is 6.12. The molecule has 0 amide bonds. The van der Waals surface area contributed by atoms with E-state index in [1.165, 1.54) is 5.56 Å². The van der Waals surface area contributed by atoms with E-state index in [0.717, 1.165) is 58.3 Å². The molecule has 1 aromatic rings. The lowest BCUT2D eigenvalue weighted by Gasteiger charge is -2.36. The molecule has 0 saturated carbocycles. The highest BCUT2D eigenvalue weighted by atomic mass is 15.3. The van der Waals surface area contributed by atoms with Gasteiger partial charge in [0.15, 0.2) is 5.96 Å². The second kappa shape index (κ2) is 9.53. The van der Waals surface area contributed by atoms with Crippen LogP contribution in [-0.4, -0.2) is 80.6 Å². The highest BCUT2D eigenvalue weighted by Crippen LogP contribution is 2.08. The molecule has 5 nitrogen and oxygen atoms in total. The minimum atomic E-state index is 0.946. The molecule has 0 bridgehead atoms. The first-order valence-electron chi connectivity index (χ1n) is 8.63. The fourth-order valence-corrected chi connectivity index (χ4v) is 2.81. The first kappa shape index (κ1) is 17.8. The van der Waals surface area contributed by atoms with Crippen LogP contribution in [0.4, 0.5) is 0 Å². The van der Waals surface area contributed by atoms with Gasteiger partial charge in [-0.25, -0.2) is 0 Å². The number of hydrogen-bond donors (Lipinski definition) is 1. The molecule has 23 heavy (non-hydrogen) atoms. The summed E-state index contributed by atoms with van der Waals surface area (Å²) in [7, 11) is 4.02. The minimum absolute atomic E-state index is 0.946. The van der Waals surface area contributed by atoms with E-state index >= 15 is 0 Å². The SMILES string of the molecule is CCN(C)CCNC(=NC)N1CCN(Cc2ccccc2)CC1. The van der Waals surface area contributed by atoms with E-state index in [-0.39, 0.29) is 0 Å². The van der Waals surface area contributed by atoms with E-state index in [2.05, 4.69) is 69.3 Å². The molecule has 1 N–H and O–H groups in total. The van der Waals surface area contributed by atoms with Crippen molar-refractivity contribution >= 4 is 5.96 Å². The zero-order valence-electron chi connectivity index (χ0n) is 14.8. The van der Waals surface area contributed by atoms with Crippen molar-refractivity contribution in [3.05, 3.63) is 35.9 Å². The molecule has 0 aliphatic carbocycles. The first-order valence-corrected chi connectivity index (χ1v) is 8.63. The Bertz CT molecular complexity index is 466. The van der Waals surface area contributed by atoms with Crippen molar-refractivity contribution in [3.63, 3.8) is 0 Å². The zero-order chi connectivity index (χ0) is 16.5. The molecule has 1 fully saturated rings. The standard InChI is InChI=1S/C18H31N5/c1-4-21(3)11-10-20-18(19-2)23-14-12-22(13-15-23)16-17-8-6-5-7-9-17/h5-9H,4,10-16H2,1-3H3,(H,19,20). The molecule has 0 spiro atoms. The predicted molar refractivity (Wildman–Crippen MR) is 97.8 cm³/mol. The Hall–Kier alpha value is -1.59. The number of rotatable bonds is 6. The Morgan fingerprint density at radius 3 is 2.48 bits per heavy atom. The molecule has 0 atom stereocenters. The highest BCUT2D eigenvalue weighted by molar-refractivity contribution is 5.80. The molecule has 1 heterocycles. The molecule has 128 valence electrons. The molecule has 1 aliphatic rings. The largest absolute Gasteiger partial charge is 0.355 e. The van der Waals surface area contributed by atoms with Crippen LogP contribution < -0.4 is 5.32 Å².